The molecule has 1 fully saturated rings. The van der Waals surface area contributed by atoms with Gasteiger partial charge >= 0.3 is 5.51 Å². The molecule has 3 unspecified atom stereocenters. The van der Waals surface area contributed by atoms with Crippen LogP contribution >= 0.6 is 23.4 Å². The van der Waals surface area contributed by atoms with Gasteiger partial charge in [0.1, 0.15) is 0 Å². The third kappa shape index (κ3) is 3.89. The zero-order valence-electron chi connectivity index (χ0n) is 7.98. The van der Waals surface area contributed by atoms with Crippen molar-refractivity contribution >= 4 is 23.4 Å². The van der Waals surface area contributed by atoms with E-state index in [-0.39, 0.29) is 22.9 Å². The van der Waals surface area contributed by atoms with Crippen LogP contribution in [0.15, 0.2) is 0 Å². The lowest BCUT2D eigenvalue weighted by Gasteiger charge is -2.16. The maximum absolute atomic E-state index is 11.8. The van der Waals surface area contributed by atoms with Gasteiger partial charge in [-0.05, 0) is 31.1 Å². The second kappa shape index (κ2) is 4.97. The van der Waals surface area contributed by atoms with Crippen LogP contribution in [0.1, 0.15) is 26.2 Å². The smallest absolute Gasteiger partial charge is 0.160 e. The zero-order valence-corrected chi connectivity index (χ0v) is 9.55. The lowest BCUT2D eigenvalue weighted by Crippen LogP contribution is -2.12. The second-order valence-electron chi connectivity index (χ2n) is 3.80. The molecular weight excluding hydrogens is 233 g/mol. The van der Waals surface area contributed by atoms with Crippen LogP contribution in [0.2, 0.25) is 0 Å². The van der Waals surface area contributed by atoms with Gasteiger partial charge in [0, 0.05) is 11.1 Å². The molecule has 1 saturated carbocycles. The van der Waals surface area contributed by atoms with E-state index in [1.807, 2.05) is 6.92 Å². The Morgan fingerprint density at radius 2 is 2.00 bits per heavy atom. The van der Waals surface area contributed by atoms with E-state index in [4.69, 9.17) is 11.6 Å². The summed E-state index contributed by atoms with van der Waals surface area (Å²) in [6, 6.07) is 0. The first-order valence-electron chi connectivity index (χ1n) is 4.75. The molecule has 1 aliphatic carbocycles. The Bertz CT molecular complexity index is 183. The summed E-state index contributed by atoms with van der Waals surface area (Å²) in [5.41, 5.74) is -4.08. The Morgan fingerprint density at radius 1 is 1.36 bits per heavy atom. The zero-order chi connectivity index (χ0) is 10.8. The first-order chi connectivity index (χ1) is 6.40. The van der Waals surface area contributed by atoms with Gasteiger partial charge in [0.2, 0.25) is 0 Å². The maximum atomic E-state index is 11.8. The Morgan fingerprint density at radius 3 is 2.43 bits per heavy atom. The summed E-state index contributed by atoms with van der Waals surface area (Å²) in [6.07, 6.45) is 2.56. The Kier molecular flexibility index (Phi) is 4.44. The fraction of sp³-hybridized carbons (Fsp3) is 1.00. The molecule has 0 bridgehead atoms. The van der Waals surface area contributed by atoms with Gasteiger partial charge in [-0.2, -0.15) is 13.2 Å². The summed E-state index contributed by atoms with van der Waals surface area (Å²) >= 11 is 6.08. The monoisotopic (exact) mass is 246 g/mol. The molecular formula is C9H14ClF3S. The summed E-state index contributed by atoms with van der Waals surface area (Å²) in [5.74, 6) is 0.917. The largest absolute Gasteiger partial charge is 0.441 e. The van der Waals surface area contributed by atoms with Crippen LogP contribution < -0.4 is 0 Å². The Balaban J connectivity index is 2.19. The first-order valence-corrected chi connectivity index (χ1v) is 6.17. The van der Waals surface area contributed by atoms with Gasteiger partial charge in [-0.1, -0.05) is 18.7 Å². The van der Waals surface area contributed by atoms with Gasteiger partial charge in [0.05, 0.1) is 0 Å². The van der Waals surface area contributed by atoms with E-state index < -0.39 is 5.51 Å². The van der Waals surface area contributed by atoms with Gasteiger partial charge < -0.3 is 0 Å². The minimum absolute atomic E-state index is 0.0806. The molecule has 0 aromatic rings. The molecule has 1 rings (SSSR count). The number of thioether (sulfide) groups is 1. The summed E-state index contributed by atoms with van der Waals surface area (Å²) in [6.45, 7) is 2.04. The average Bonchev–Trinajstić information content (AvgIpc) is 2.33. The quantitative estimate of drug-likeness (QED) is 0.670. The minimum Gasteiger partial charge on any atom is -0.160 e. The van der Waals surface area contributed by atoms with Gasteiger partial charge in [0.15, 0.2) is 0 Å². The standard InChI is InChI=1S/C9H14ClF3S/c1-6-7(2-3-8(6)10)4-5-14-9(11,12)13/h6-8H,2-5H2,1H3. The fourth-order valence-corrected chi connectivity index (χ4v) is 2.91. The lowest BCUT2D eigenvalue weighted by atomic mass is 9.95. The van der Waals surface area contributed by atoms with Crippen molar-refractivity contribution in [3.63, 3.8) is 0 Å². The van der Waals surface area contributed by atoms with Crippen LogP contribution in [-0.4, -0.2) is 16.6 Å². The number of hydrogen-bond donors (Lipinski definition) is 0. The SMILES string of the molecule is CC1C(Cl)CCC1CCSC(F)(F)F. The molecule has 0 heterocycles. The highest BCUT2D eigenvalue weighted by Crippen LogP contribution is 2.39. The highest BCUT2D eigenvalue weighted by Gasteiger charge is 2.33. The van der Waals surface area contributed by atoms with Crippen molar-refractivity contribution in [2.24, 2.45) is 11.8 Å². The highest BCUT2D eigenvalue weighted by atomic mass is 35.5. The third-order valence-corrected chi connectivity index (χ3v) is 4.26. The predicted molar refractivity (Wildman–Crippen MR) is 54.7 cm³/mol. The van der Waals surface area contributed by atoms with Crippen LogP contribution in [0.4, 0.5) is 13.2 Å². The van der Waals surface area contributed by atoms with E-state index in [1.165, 1.54) is 0 Å². The van der Waals surface area contributed by atoms with Crippen molar-refractivity contribution in [1.82, 2.24) is 0 Å². The molecule has 84 valence electrons. The van der Waals surface area contributed by atoms with Crippen molar-refractivity contribution in [1.29, 1.82) is 0 Å². The van der Waals surface area contributed by atoms with Gasteiger partial charge in [-0.3, -0.25) is 0 Å². The van der Waals surface area contributed by atoms with Gasteiger partial charge in [-0.15, -0.1) is 11.6 Å². The van der Waals surface area contributed by atoms with Crippen molar-refractivity contribution in [3.8, 4) is 0 Å². The van der Waals surface area contributed by atoms with Crippen LogP contribution in [0.3, 0.4) is 0 Å². The number of rotatable bonds is 3. The molecule has 3 atom stereocenters. The van der Waals surface area contributed by atoms with E-state index in [2.05, 4.69) is 0 Å². The van der Waals surface area contributed by atoms with Gasteiger partial charge in [0.25, 0.3) is 0 Å². The average molecular weight is 247 g/mol. The number of alkyl halides is 4. The molecule has 0 spiro atoms. The van der Waals surface area contributed by atoms with Crippen molar-refractivity contribution < 1.29 is 13.2 Å². The summed E-state index contributed by atoms with van der Waals surface area (Å²) in [4.78, 5) is 0. The van der Waals surface area contributed by atoms with Crippen LogP contribution in [0.5, 0.6) is 0 Å². The maximum Gasteiger partial charge on any atom is 0.441 e. The van der Waals surface area contributed by atoms with Crippen molar-refractivity contribution in [2.75, 3.05) is 5.75 Å². The molecule has 0 aromatic heterocycles. The molecule has 0 N–H and O–H groups in total. The van der Waals surface area contributed by atoms with Crippen LogP contribution in [0.25, 0.3) is 0 Å². The molecule has 0 saturated heterocycles. The van der Waals surface area contributed by atoms with E-state index in [0.29, 0.717) is 18.3 Å². The number of halogens is 4. The summed E-state index contributed by atoms with van der Waals surface area (Å²) in [5, 5.41) is 0.163. The van der Waals surface area contributed by atoms with E-state index in [0.717, 1.165) is 12.8 Å². The normalized spacial score (nSPS) is 33.6. The van der Waals surface area contributed by atoms with E-state index in [1.54, 1.807) is 0 Å². The molecule has 0 aliphatic heterocycles. The molecule has 0 amide bonds. The summed E-state index contributed by atoms with van der Waals surface area (Å²) in [7, 11) is 0. The minimum atomic E-state index is -4.08. The molecule has 0 nitrogen and oxygen atoms in total. The van der Waals surface area contributed by atoms with E-state index in [9.17, 15) is 13.2 Å². The molecule has 0 aromatic carbocycles. The second-order valence-corrected chi connectivity index (χ2v) is 5.52. The first kappa shape index (κ1) is 12.5. The molecule has 5 heteroatoms. The van der Waals surface area contributed by atoms with E-state index >= 15 is 0 Å². The Hall–Kier alpha value is 0.430. The third-order valence-electron chi connectivity index (χ3n) is 2.88. The predicted octanol–water partition coefficient (Wildman–Crippen LogP) is 4.28. The van der Waals surface area contributed by atoms with Gasteiger partial charge in [-0.25, -0.2) is 0 Å². The topological polar surface area (TPSA) is 0 Å². The highest BCUT2D eigenvalue weighted by molar-refractivity contribution is 8.00. The van der Waals surface area contributed by atoms with Crippen molar-refractivity contribution in [3.05, 3.63) is 0 Å². The van der Waals surface area contributed by atoms with Crippen LogP contribution in [-0.2, 0) is 0 Å². The lowest BCUT2D eigenvalue weighted by molar-refractivity contribution is -0.0328. The van der Waals surface area contributed by atoms with Crippen molar-refractivity contribution in [2.45, 2.75) is 37.1 Å². The molecule has 14 heavy (non-hydrogen) atoms. The number of hydrogen-bond acceptors (Lipinski definition) is 1. The molecule has 0 radical (unpaired) electrons. The Labute approximate surface area is 91.6 Å². The summed E-state index contributed by atoms with van der Waals surface area (Å²) < 4.78 is 35.5. The molecule has 1 aliphatic rings. The van der Waals surface area contributed by atoms with Crippen LogP contribution in [0, 0.1) is 11.8 Å². The fourth-order valence-electron chi connectivity index (χ4n) is 1.93.